The molecule has 0 radical (unpaired) electrons. The summed E-state index contributed by atoms with van der Waals surface area (Å²) in [6.45, 7) is 2.56. The van der Waals surface area contributed by atoms with Gasteiger partial charge in [-0.1, -0.05) is 107 Å². The number of hydrogen-bond donors (Lipinski definition) is 0. The third-order valence-corrected chi connectivity index (χ3v) is 9.38. The number of carbonyl (C=O) groups is 1. The minimum Gasteiger partial charge on any atom is -0.463 e. The Hall–Kier alpha value is -4.69. The molecule has 46 heavy (non-hydrogen) atoms. The number of carbonyl (C=O) groups excluding carboxylic acids is 1. The van der Waals surface area contributed by atoms with Gasteiger partial charge in [-0.15, -0.1) is 0 Å². The van der Waals surface area contributed by atoms with E-state index in [4.69, 9.17) is 32.9 Å². The van der Waals surface area contributed by atoms with Crippen molar-refractivity contribution >= 4 is 63.2 Å². The van der Waals surface area contributed by atoms with Gasteiger partial charge in [0.15, 0.2) is 4.80 Å². The van der Waals surface area contributed by atoms with Gasteiger partial charge in [-0.25, -0.2) is 9.79 Å². The fourth-order valence-electron chi connectivity index (χ4n) is 5.90. The summed E-state index contributed by atoms with van der Waals surface area (Å²) in [4.78, 5) is 33.5. The van der Waals surface area contributed by atoms with Gasteiger partial charge in [0, 0.05) is 44.8 Å². The second kappa shape index (κ2) is 12.6. The zero-order chi connectivity index (χ0) is 31.8. The largest absolute Gasteiger partial charge is 0.463 e. The standard InChI is InChI=1S/C37H27Cl2N3O3S/c1-2-45-36(44)32-33(24-10-4-3-5-11-24)40-37-42(34(32)25-15-17-27(38)18-16-25)35(43)31(46-37)20-26-22-41(30-14-7-6-13-29(26)30)21-23-9-8-12-28(39)19-23/h3-20,22,34H,2,21H2,1H3/b31-20-/t34-/m1/s1. The molecular formula is C37H27Cl2N3O3S. The first kappa shape index (κ1) is 30.0. The van der Waals surface area contributed by atoms with E-state index in [2.05, 4.69) is 22.9 Å². The van der Waals surface area contributed by atoms with E-state index in [0.717, 1.165) is 33.2 Å². The molecule has 0 aliphatic carbocycles. The van der Waals surface area contributed by atoms with E-state index in [9.17, 15) is 9.59 Å². The molecule has 6 aromatic rings. The van der Waals surface area contributed by atoms with Gasteiger partial charge in [0.2, 0.25) is 0 Å². The molecule has 3 heterocycles. The van der Waals surface area contributed by atoms with Gasteiger partial charge in [0.1, 0.15) is 0 Å². The molecule has 0 spiro atoms. The number of thiazole rings is 1. The third-order valence-electron chi connectivity index (χ3n) is 7.91. The molecule has 0 saturated heterocycles. The second-order valence-corrected chi connectivity index (χ2v) is 12.7. The number of hydrogen-bond acceptors (Lipinski definition) is 5. The van der Waals surface area contributed by atoms with Gasteiger partial charge < -0.3 is 9.30 Å². The molecule has 1 aliphatic heterocycles. The van der Waals surface area contributed by atoms with Crippen LogP contribution < -0.4 is 14.9 Å². The Morgan fingerprint density at radius 1 is 0.935 bits per heavy atom. The van der Waals surface area contributed by atoms with Gasteiger partial charge in [-0.3, -0.25) is 9.36 Å². The van der Waals surface area contributed by atoms with Crippen LogP contribution in [0.3, 0.4) is 0 Å². The Morgan fingerprint density at radius 2 is 1.70 bits per heavy atom. The average Bonchev–Trinajstić information content (AvgIpc) is 3.57. The van der Waals surface area contributed by atoms with Crippen molar-refractivity contribution in [3.63, 3.8) is 0 Å². The highest BCUT2D eigenvalue weighted by Gasteiger charge is 2.35. The number of aromatic nitrogens is 2. The zero-order valence-corrected chi connectivity index (χ0v) is 27.0. The quantitative estimate of drug-likeness (QED) is 0.169. The number of halogens is 2. The summed E-state index contributed by atoms with van der Waals surface area (Å²) < 4.78 is 9.82. The van der Waals surface area contributed by atoms with Crippen LogP contribution >= 0.6 is 34.5 Å². The van der Waals surface area contributed by atoms with Crippen molar-refractivity contribution in [2.75, 3.05) is 6.61 Å². The lowest BCUT2D eigenvalue weighted by Gasteiger charge is -2.25. The van der Waals surface area contributed by atoms with E-state index < -0.39 is 12.0 Å². The number of nitrogens with zero attached hydrogens (tertiary/aromatic N) is 3. The maximum atomic E-state index is 14.4. The van der Waals surface area contributed by atoms with E-state index in [-0.39, 0.29) is 12.2 Å². The Bertz CT molecular complexity index is 2320. The number of ether oxygens (including phenoxy) is 1. The van der Waals surface area contributed by atoms with E-state index >= 15 is 0 Å². The van der Waals surface area contributed by atoms with Gasteiger partial charge in [0.25, 0.3) is 5.56 Å². The lowest BCUT2D eigenvalue weighted by Crippen LogP contribution is -2.40. The highest BCUT2D eigenvalue weighted by Crippen LogP contribution is 2.35. The molecule has 0 fully saturated rings. The van der Waals surface area contributed by atoms with Crippen LogP contribution in [-0.2, 0) is 16.1 Å². The van der Waals surface area contributed by atoms with Crippen molar-refractivity contribution in [1.29, 1.82) is 0 Å². The van der Waals surface area contributed by atoms with E-state index in [0.29, 0.717) is 37.2 Å². The molecule has 0 unspecified atom stereocenters. The molecule has 1 aliphatic rings. The predicted molar refractivity (Wildman–Crippen MR) is 185 cm³/mol. The topological polar surface area (TPSA) is 65.6 Å². The van der Waals surface area contributed by atoms with E-state index in [1.807, 2.05) is 84.9 Å². The van der Waals surface area contributed by atoms with Crippen LogP contribution in [-0.4, -0.2) is 21.7 Å². The van der Waals surface area contributed by atoms with Crippen molar-refractivity contribution in [3.05, 3.63) is 167 Å². The van der Waals surface area contributed by atoms with Crippen molar-refractivity contribution in [3.8, 4) is 0 Å². The average molecular weight is 665 g/mol. The maximum Gasteiger partial charge on any atom is 0.338 e. The normalized spacial score (nSPS) is 14.8. The second-order valence-electron chi connectivity index (χ2n) is 10.8. The monoisotopic (exact) mass is 663 g/mol. The van der Waals surface area contributed by atoms with Gasteiger partial charge in [0.05, 0.1) is 28.5 Å². The van der Waals surface area contributed by atoms with Crippen molar-refractivity contribution in [1.82, 2.24) is 9.13 Å². The predicted octanol–water partition coefficient (Wildman–Crippen LogP) is 7.25. The highest BCUT2D eigenvalue weighted by molar-refractivity contribution is 7.07. The summed E-state index contributed by atoms with van der Waals surface area (Å²) in [5.41, 5.74) is 5.02. The zero-order valence-electron chi connectivity index (χ0n) is 24.7. The van der Waals surface area contributed by atoms with Crippen LogP contribution in [0.2, 0.25) is 10.0 Å². The van der Waals surface area contributed by atoms with Crippen LogP contribution in [0, 0.1) is 0 Å². The van der Waals surface area contributed by atoms with Crippen LogP contribution in [0.1, 0.15) is 35.2 Å². The molecule has 0 bridgehead atoms. The summed E-state index contributed by atoms with van der Waals surface area (Å²) in [5, 5.41) is 2.25. The van der Waals surface area contributed by atoms with Crippen LogP contribution in [0.15, 0.2) is 125 Å². The molecular weight excluding hydrogens is 637 g/mol. The Morgan fingerprint density at radius 3 is 2.46 bits per heavy atom. The lowest BCUT2D eigenvalue weighted by molar-refractivity contribution is -0.138. The number of rotatable bonds is 7. The first-order valence-corrected chi connectivity index (χ1v) is 16.3. The summed E-state index contributed by atoms with van der Waals surface area (Å²) in [6, 6.07) is 31.8. The Labute approximate surface area is 278 Å². The summed E-state index contributed by atoms with van der Waals surface area (Å²) in [7, 11) is 0. The third kappa shape index (κ3) is 5.62. The number of para-hydroxylation sites is 1. The first-order valence-electron chi connectivity index (χ1n) is 14.8. The van der Waals surface area contributed by atoms with Crippen molar-refractivity contribution < 1.29 is 9.53 Å². The molecule has 6 nitrogen and oxygen atoms in total. The molecule has 7 rings (SSSR count). The van der Waals surface area contributed by atoms with Gasteiger partial charge in [-0.2, -0.15) is 0 Å². The number of benzene rings is 4. The summed E-state index contributed by atoms with van der Waals surface area (Å²) in [6.07, 6.45) is 3.97. The van der Waals surface area contributed by atoms with Gasteiger partial charge >= 0.3 is 5.97 Å². The molecule has 9 heteroatoms. The minimum atomic E-state index is -0.769. The van der Waals surface area contributed by atoms with Crippen LogP contribution in [0.25, 0.3) is 22.7 Å². The fourth-order valence-corrected chi connectivity index (χ4v) is 7.23. The first-order chi connectivity index (χ1) is 22.4. The summed E-state index contributed by atoms with van der Waals surface area (Å²) in [5.74, 6) is -0.525. The molecule has 2 aromatic heterocycles. The molecule has 228 valence electrons. The molecule has 0 N–H and O–H groups in total. The van der Waals surface area contributed by atoms with Crippen LogP contribution in [0.5, 0.6) is 0 Å². The smallest absolute Gasteiger partial charge is 0.338 e. The fraction of sp³-hybridized carbons (Fsp3) is 0.108. The minimum absolute atomic E-state index is 0.182. The van der Waals surface area contributed by atoms with E-state index in [1.165, 1.54) is 11.3 Å². The summed E-state index contributed by atoms with van der Waals surface area (Å²) >= 11 is 13.8. The lowest BCUT2D eigenvalue weighted by atomic mass is 9.93. The molecule has 0 amide bonds. The maximum absolute atomic E-state index is 14.4. The van der Waals surface area contributed by atoms with Gasteiger partial charge in [-0.05, 0) is 54.5 Å². The number of esters is 1. The highest BCUT2D eigenvalue weighted by atomic mass is 35.5. The Balaban J connectivity index is 1.45. The van der Waals surface area contributed by atoms with Crippen LogP contribution in [0.4, 0.5) is 0 Å². The van der Waals surface area contributed by atoms with Crippen molar-refractivity contribution in [2.24, 2.45) is 4.99 Å². The molecule has 1 atom stereocenters. The van der Waals surface area contributed by atoms with Crippen molar-refractivity contribution in [2.45, 2.75) is 19.5 Å². The Kier molecular flexibility index (Phi) is 8.21. The SMILES string of the molecule is CCOC(=O)C1=C(c2ccccc2)N=c2s/c(=C\c3cn(Cc4cccc(Cl)c4)c4ccccc34)c(=O)n2[C@@H]1c1ccc(Cl)cc1. The molecule has 0 saturated carbocycles. The number of fused-ring (bicyclic) bond motifs is 2. The van der Waals surface area contributed by atoms with E-state index in [1.54, 1.807) is 23.6 Å². The molecule has 4 aromatic carbocycles.